The zero-order valence-corrected chi connectivity index (χ0v) is 15.1. The van der Waals surface area contributed by atoms with E-state index in [4.69, 9.17) is 11.6 Å². The largest absolute Gasteiger partial charge is 0.350 e. The van der Waals surface area contributed by atoms with Crippen molar-refractivity contribution in [3.8, 4) is 0 Å². The van der Waals surface area contributed by atoms with Crippen LogP contribution < -0.4 is 5.32 Å². The molecule has 26 heavy (non-hydrogen) atoms. The van der Waals surface area contributed by atoms with Gasteiger partial charge in [0, 0.05) is 43.1 Å². The maximum atomic E-state index is 6.06. The average Bonchev–Trinajstić information content (AvgIpc) is 3.04. The summed E-state index contributed by atoms with van der Waals surface area (Å²) in [6.07, 6.45) is 8.02. The van der Waals surface area contributed by atoms with Crippen molar-refractivity contribution in [2.24, 2.45) is 0 Å². The molecule has 0 aliphatic rings. The number of aryl methyl sites for hydroxylation is 1. The highest BCUT2D eigenvalue weighted by Gasteiger charge is 2.07. The second-order valence-corrected chi connectivity index (χ2v) is 6.67. The van der Waals surface area contributed by atoms with Crippen molar-refractivity contribution in [3.63, 3.8) is 0 Å². The summed E-state index contributed by atoms with van der Waals surface area (Å²) < 4.78 is 0. The van der Waals surface area contributed by atoms with Crippen molar-refractivity contribution < 1.29 is 0 Å². The Morgan fingerprint density at radius 2 is 1.85 bits per heavy atom. The quantitative estimate of drug-likeness (QED) is 0.547. The van der Waals surface area contributed by atoms with Crippen LogP contribution >= 0.6 is 11.6 Å². The minimum absolute atomic E-state index is 0.626. The molecule has 0 fully saturated rings. The second kappa shape index (κ2) is 7.14. The first-order valence-corrected chi connectivity index (χ1v) is 8.77. The van der Waals surface area contributed by atoms with E-state index in [0.29, 0.717) is 17.5 Å². The fraction of sp³-hybridized carbons (Fsp3) is 0.150. The number of halogens is 1. The molecule has 2 N–H and O–H groups in total. The van der Waals surface area contributed by atoms with Crippen LogP contribution in [-0.2, 0) is 13.0 Å². The van der Waals surface area contributed by atoms with Gasteiger partial charge >= 0.3 is 0 Å². The third kappa shape index (κ3) is 3.53. The molecule has 0 spiro atoms. The van der Waals surface area contributed by atoms with Crippen LogP contribution in [0.4, 0.5) is 5.95 Å². The van der Waals surface area contributed by atoms with Gasteiger partial charge in [0.15, 0.2) is 0 Å². The number of aromatic amines is 1. The number of hydrogen-bond acceptors (Lipinski definition) is 4. The molecule has 3 heterocycles. The molecule has 130 valence electrons. The second-order valence-electron chi connectivity index (χ2n) is 6.24. The highest BCUT2D eigenvalue weighted by atomic mass is 35.5. The van der Waals surface area contributed by atoms with Gasteiger partial charge in [-0.15, -0.1) is 0 Å². The summed E-state index contributed by atoms with van der Waals surface area (Å²) in [4.78, 5) is 16.3. The molecule has 4 rings (SSSR count). The summed E-state index contributed by atoms with van der Waals surface area (Å²) in [5.41, 5.74) is 5.49. The number of nitrogens with one attached hydrogen (secondary N) is 2. The van der Waals surface area contributed by atoms with Crippen LogP contribution in [0.25, 0.3) is 11.0 Å². The summed E-state index contributed by atoms with van der Waals surface area (Å²) in [6, 6.07) is 10.2. The molecule has 0 saturated heterocycles. The van der Waals surface area contributed by atoms with Gasteiger partial charge in [0.25, 0.3) is 0 Å². The Morgan fingerprint density at radius 1 is 1.04 bits per heavy atom. The standard InChI is InChI=1S/C20H18ClN5/c1-13-4-2-3-5-15(13)10-26-20-24-8-14(9-25-20)6-16-11-22-19-18(16)7-17(21)12-23-19/h2-5,7-9,11-12H,6,10H2,1H3,(H,22,23)(H,24,25,26). The fourth-order valence-electron chi connectivity index (χ4n) is 2.92. The molecule has 0 aliphatic heterocycles. The SMILES string of the molecule is Cc1ccccc1CNc1ncc(Cc2c[nH]c3ncc(Cl)cc23)cn1. The molecule has 3 aromatic heterocycles. The van der Waals surface area contributed by atoms with Gasteiger partial charge in [-0.25, -0.2) is 15.0 Å². The predicted octanol–water partition coefficient (Wildman–Crippen LogP) is 4.52. The number of benzene rings is 1. The van der Waals surface area contributed by atoms with E-state index in [1.165, 1.54) is 11.1 Å². The lowest BCUT2D eigenvalue weighted by atomic mass is 10.1. The molecular weight excluding hydrogens is 346 g/mol. The molecule has 1 aromatic carbocycles. The number of H-pyrrole nitrogens is 1. The van der Waals surface area contributed by atoms with Crippen molar-refractivity contribution in [2.45, 2.75) is 19.9 Å². The van der Waals surface area contributed by atoms with Gasteiger partial charge in [-0.3, -0.25) is 0 Å². The van der Waals surface area contributed by atoms with Crippen molar-refractivity contribution in [3.05, 3.63) is 82.4 Å². The van der Waals surface area contributed by atoms with E-state index in [0.717, 1.165) is 28.6 Å². The monoisotopic (exact) mass is 363 g/mol. The molecule has 0 atom stereocenters. The predicted molar refractivity (Wildman–Crippen MR) is 104 cm³/mol. The van der Waals surface area contributed by atoms with Gasteiger partial charge in [-0.1, -0.05) is 35.9 Å². The lowest BCUT2D eigenvalue weighted by Crippen LogP contribution is -2.05. The number of rotatable bonds is 5. The number of hydrogen-bond donors (Lipinski definition) is 2. The van der Waals surface area contributed by atoms with Crippen LogP contribution in [0.3, 0.4) is 0 Å². The first kappa shape index (κ1) is 16.5. The molecule has 0 bridgehead atoms. The normalized spacial score (nSPS) is 11.0. The van der Waals surface area contributed by atoms with Gasteiger partial charge < -0.3 is 10.3 Å². The zero-order valence-electron chi connectivity index (χ0n) is 14.3. The van der Waals surface area contributed by atoms with Gasteiger partial charge in [-0.05, 0) is 35.2 Å². The first-order chi connectivity index (χ1) is 12.7. The molecule has 4 aromatic rings. The molecule has 0 radical (unpaired) electrons. The Labute approximate surface area is 156 Å². The van der Waals surface area contributed by atoms with E-state index in [1.54, 1.807) is 6.20 Å². The van der Waals surface area contributed by atoms with Gasteiger partial charge in [0.05, 0.1) is 5.02 Å². The summed E-state index contributed by atoms with van der Waals surface area (Å²) in [5.74, 6) is 0.626. The number of nitrogens with zero attached hydrogens (tertiary/aromatic N) is 3. The minimum atomic E-state index is 0.626. The van der Waals surface area contributed by atoms with Crippen LogP contribution in [0.2, 0.25) is 5.02 Å². The Hall–Kier alpha value is -2.92. The number of fused-ring (bicyclic) bond motifs is 1. The summed E-state index contributed by atoms with van der Waals surface area (Å²) >= 11 is 6.06. The van der Waals surface area contributed by atoms with Gasteiger partial charge in [-0.2, -0.15) is 0 Å². The van der Waals surface area contributed by atoms with Crippen LogP contribution in [0, 0.1) is 6.92 Å². The Morgan fingerprint density at radius 3 is 2.65 bits per heavy atom. The van der Waals surface area contributed by atoms with Crippen molar-refractivity contribution in [2.75, 3.05) is 5.32 Å². The topological polar surface area (TPSA) is 66.5 Å². The van der Waals surface area contributed by atoms with E-state index < -0.39 is 0 Å². The average molecular weight is 364 g/mol. The Bertz CT molecular complexity index is 1040. The third-order valence-electron chi connectivity index (χ3n) is 4.38. The van der Waals surface area contributed by atoms with E-state index in [2.05, 4.69) is 44.3 Å². The number of aromatic nitrogens is 4. The van der Waals surface area contributed by atoms with E-state index in [1.807, 2.05) is 36.8 Å². The first-order valence-electron chi connectivity index (χ1n) is 8.40. The van der Waals surface area contributed by atoms with Crippen LogP contribution in [0.1, 0.15) is 22.3 Å². The minimum Gasteiger partial charge on any atom is -0.350 e. The Kier molecular flexibility index (Phi) is 4.54. The summed E-state index contributed by atoms with van der Waals surface area (Å²) in [7, 11) is 0. The Balaban J connectivity index is 1.45. The van der Waals surface area contributed by atoms with E-state index >= 15 is 0 Å². The fourth-order valence-corrected chi connectivity index (χ4v) is 3.08. The smallest absolute Gasteiger partial charge is 0.222 e. The summed E-state index contributed by atoms with van der Waals surface area (Å²) in [6.45, 7) is 2.81. The van der Waals surface area contributed by atoms with Crippen LogP contribution in [0.5, 0.6) is 0 Å². The van der Waals surface area contributed by atoms with Crippen molar-refractivity contribution in [1.82, 2.24) is 19.9 Å². The molecule has 5 nitrogen and oxygen atoms in total. The van der Waals surface area contributed by atoms with Crippen molar-refractivity contribution >= 4 is 28.6 Å². The van der Waals surface area contributed by atoms with Gasteiger partial charge in [0.2, 0.25) is 5.95 Å². The maximum Gasteiger partial charge on any atom is 0.222 e. The molecule has 6 heteroatoms. The molecule has 0 aliphatic carbocycles. The molecular formula is C20H18ClN5. The lowest BCUT2D eigenvalue weighted by Gasteiger charge is -2.08. The highest BCUT2D eigenvalue weighted by molar-refractivity contribution is 6.31. The lowest BCUT2D eigenvalue weighted by molar-refractivity contribution is 1.02. The van der Waals surface area contributed by atoms with E-state index in [9.17, 15) is 0 Å². The van der Waals surface area contributed by atoms with Crippen molar-refractivity contribution in [1.29, 1.82) is 0 Å². The van der Waals surface area contributed by atoms with Crippen LogP contribution in [0.15, 0.2) is 55.1 Å². The highest BCUT2D eigenvalue weighted by Crippen LogP contribution is 2.22. The zero-order chi connectivity index (χ0) is 17.9. The number of anilines is 1. The van der Waals surface area contributed by atoms with E-state index in [-0.39, 0.29) is 0 Å². The summed E-state index contributed by atoms with van der Waals surface area (Å²) in [5, 5.41) is 4.93. The number of pyridine rings is 1. The van der Waals surface area contributed by atoms with Crippen LogP contribution in [-0.4, -0.2) is 19.9 Å². The molecule has 0 amide bonds. The molecule has 0 unspecified atom stereocenters. The van der Waals surface area contributed by atoms with Gasteiger partial charge in [0.1, 0.15) is 5.65 Å². The molecule has 0 saturated carbocycles. The third-order valence-corrected chi connectivity index (χ3v) is 4.59. The maximum absolute atomic E-state index is 6.06.